The Bertz CT molecular complexity index is 1030. The minimum Gasteiger partial charge on any atom is -0.348 e. The first-order valence-corrected chi connectivity index (χ1v) is 10.6. The molecule has 0 bridgehead atoms. The highest BCUT2D eigenvalue weighted by molar-refractivity contribution is 7.89. The summed E-state index contributed by atoms with van der Waals surface area (Å²) in [5.74, 6) is -2.21. The molecule has 0 aliphatic heterocycles. The summed E-state index contributed by atoms with van der Waals surface area (Å²) in [6.45, 7) is 5.35. The van der Waals surface area contributed by atoms with E-state index in [0.717, 1.165) is 16.7 Å². The predicted molar refractivity (Wildman–Crippen MR) is 109 cm³/mol. The van der Waals surface area contributed by atoms with Gasteiger partial charge in [0.1, 0.15) is 0 Å². The second-order valence-corrected chi connectivity index (χ2v) is 8.58. The molecule has 8 heteroatoms. The van der Waals surface area contributed by atoms with Gasteiger partial charge in [-0.05, 0) is 38.5 Å². The van der Waals surface area contributed by atoms with E-state index in [-0.39, 0.29) is 18.0 Å². The van der Waals surface area contributed by atoms with Crippen LogP contribution >= 0.6 is 0 Å². The highest BCUT2D eigenvalue weighted by Gasteiger charge is 2.20. The lowest BCUT2D eigenvalue weighted by Gasteiger charge is -2.08. The molecule has 0 saturated carbocycles. The molecule has 1 amide bonds. The van der Waals surface area contributed by atoms with E-state index in [1.54, 1.807) is 31.2 Å². The van der Waals surface area contributed by atoms with Gasteiger partial charge < -0.3 is 5.32 Å². The topological polar surface area (TPSA) is 109 Å². The van der Waals surface area contributed by atoms with Crippen LogP contribution < -0.4 is 10.0 Å². The molecule has 0 radical (unpaired) electrons. The summed E-state index contributed by atoms with van der Waals surface area (Å²) in [6, 6.07) is 11.6. The monoisotopic (exact) mass is 416 g/mol. The number of sulfonamides is 1. The minimum atomic E-state index is -3.70. The molecule has 7 nitrogen and oxygen atoms in total. The van der Waals surface area contributed by atoms with Crippen molar-refractivity contribution in [2.75, 3.05) is 13.1 Å². The van der Waals surface area contributed by atoms with Crippen LogP contribution in [0.5, 0.6) is 0 Å². The maximum Gasteiger partial charge on any atom is 0.287 e. The van der Waals surface area contributed by atoms with E-state index < -0.39 is 33.9 Å². The summed E-state index contributed by atoms with van der Waals surface area (Å²) in [5, 5.41) is 2.33. The first kappa shape index (κ1) is 22.4. The fourth-order valence-corrected chi connectivity index (χ4v) is 3.74. The van der Waals surface area contributed by atoms with Gasteiger partial charge in [-0.15, -0.1) is 0 Å². The standard InChI is InChI=1S/C21H24N2O5S/c1-14-4-7-17(8-5-14)29(27,28)23-11-10-22-21(26)20(25)13-19(24)18-9-6-15(2)12-16(18)3/h4-9,12,23H,10-11,13H2,1-3H3,(H,22,26). The third-order valence-electron chi connectivity index (χ3n) is 4.29. The number of ketones is 2. The molecule has 0 unspecified atom stereocenters. The van der Waals surface area contributed by atoms with Crippen molar-refractivity contribution >= 4 is 27.5 Å². The first-order chi connectivity index (χ1) is 13.6. The Balaban J connectivity index is 1.82. The van der Waals surface area contributed by atoms with Crippen molar-refractivity contribution in [1.29, 1.82) is 0 Å². The normalized spacial score (nSPS) is 11.1. The molecule has 0 aliphatic carbocycles. The Labute approximate surface area is 170 Å². The molecule has 154 valence electrons. The third-order valence-corrected chi connectivity index (χ3v) is 5.77. The number of hydrogen-bond donors (Lipinski definition) is 2. The fourth-order valence-electron chi connectivity index (χ4n) is 2.71. The van der Waals surface area contributed by atoms with Gasteiger partial charge in [0.2, 0.25) is 15.8 Å². The van der Waals surface area contributed by atoms with Crippen LogP contribution in [0.2, 0.25) is 0 Å². The molecule has 0 aliphatic rings. The molecule has 0 spiro atoms. The van der Waals surface area contributed by atoms with E-state index in [9.17, 15) is 22.8 Å². The SMILES string of the molecule is Cc1ccc(S(=O)(=O)NCCNC(=O)C(=O)CC(=O)c2ccc(C)cc2C)cc1. The molecule has 0 aromatic heterocycles. The number of hydrogen-bond acceptors (Lipinski definition) is 5. The summed E-state index contributed by atoms with van der Waals surface area (Å²) in [5.41, 5.74) is 3.08. The molecule has 29 heavy (non-hydrogen) atoms. The van der Waals surface area contributed by atoms with E-state index in [1.165, 1.54) is 12.1 Å². The Morgan fingerprint density at radius 1 is 0.862 bits per heavy atom. The number of benzene rings is 2. The minimum absolute atomic E-state index is 0.0760. The maximum absolute atomic E-state index is 12.2. The van der Waals surface area contributed by atoms with Crippen molar-refractivity contribution in [3.8, 4) is 0 Å². The van der Waals surface area contributed by atoms with Gasteiger partial charge in [0.15, 0.2) is 5.78 Å². The third kappa shape index (κ3) is 6.33. The van der Waals surface area contributed by atoms with E-state index in [2.05, 4.69) is 10.0 Å². The van der Waals surface area contributed by atoms with Gasteiger partial charge in [-0.3, -0.25) is 14.4 Å². The molecule has 2 rings (SSSR count). The molecule has 2 N–H and O–H groups in total. The van der Waals surface area contributed by atoms with E-state index in [1.807, 2.05) is 19.9 Å². The van der Waals surface area contributed by atoms with Crippen molar-refractivity contribution in [2.24, 2.45) is 0 Å². The predicted octanol–water partition coefficient (Wildman–Crippen LogP) is 1.85. The van der Waals surface area contributed by atoms with Crippen LogP contribution in [-0.2, 0) is 19.6 Å². The summed E-state index contributed by atoms with van der Waals surface area (Å²) < 4.78 is 26.6. The quantitative estimate of drug-likeness (QED) is 0.281. The van der Waals surface area contributed by atoms with Gasteiger partial charge in [0, 0.05) is 18.7 Å². The van der Waals surface area contributed by atoms with Gasteiger partial charge in [-0.25, -0.2) is 13.1 Å². The summed E-state index contributed by atoms with van der Waals surface area (Å²) in [6.07, 6.45) is -0.537. The van der Waals surface area contributed by atoms with Crippen LogP contribution in [0.15, 0.2) is 47.4 Å². The van der Waals surface area contributed by atoms with Gasteiger partial charge >= 0.3 is 0 Å². The van der Waals surface area contributed by atoms with Crippen molar-refractivity contribution < 1.29 is 22.8 Å². The number of carbonyl (C=O) groups is 3. The lowest BCUT2D eigenvalue weighted by atomic mass is 9.99. The number of carbonyl (C=O) groups excluding carboxylic acids is 3. The number of Topliss-reactive ketones (excluding diaryl/α,β-unsaturated/α-hetero) is 2. The van der Waals surface area contributed by atoms with Crippen LogP contribution in [0.1, 0.15) is 33.5 Å². The number of nitrogens with one attached hydrogen (secondary N) is 2. The van der Waals surface area contributed by atoms with Crippen LogP contribution in [0.3, 0.4) is 0 Å². The average Bonchev–Trinajstić information content (AvgIpc) is 2.65. The second kappa shape index (κ2) is 9.58. The lowest BCUT2D eigenvalue weighted by Crippen LogP contribution is -2.38. The zero-order valence-electron chi connectivity index (χ0n) is 16.6. The Morgan fingerprint density at radius 3 is 2.10 bits per heavy atom. The molecular formula is C21H24N2O5S. The summed E-state index contributed by atoms with van der Waals surface area (Å²) in [7, 11) is -3.70. The van der Waals surface area contributed by atoms with Crippen LogP contribution in [0.4, 0.5) is 0 Å². The lowest BCUT2D eigenvalue weighted by molar-refractivity contribution is -0.137. The Hall–Kier alpha value is -2.84. The first-order valence-electron chi connectivity index (χ1n) is 9.08. The molecular weight excluding hydrogens is 392 g/mol. The average molecular weight is 416 g/mol. The maximum atomic E-state index is 12.2. The highest BCUT2D eigenvalue weighted by atomic mass is 32.2. The summed E-state index contributed by atoms with van der Waals surface area (Å²) in [4.78, 5) is 36.2. The Kier molecular flexibility index (Phi) is 7.41. The van der Waals surface area contributed by atoms with Crippen molar-refractivity contribution in [3.05, 3.63) is 64.7 Å². The number of amides is 1. The van der Waals surface area contributed by atoms with E-state index >= 15 is 0 Å². The zero-order valence-corrected chi connectivity index (χ0v) is 17.4. The molecule has 0 heterocycles. The van der Waals surface area contributed by atoms with Crippen molar-refractivity contribution in [1.82, 2.24) is 10.0 Å². The van der Waals surface area contributed by atoms with Crippen LogP contribution in [-0.4, -0.2) is 39.0 Å². The summed E-state index contributed by atoms with van der Waals surface area (Å²) >= 11 is 0. The molecule has 2 aromatic rings. The van der Waals surface area contributed by atoms with Crippen molar-refractivity contribution in [2.45, 2.75) is 32.1 Å². The molecule has 0 fully saturated rings. The van der Waals surface area contributed by atoms with Gasteiger partial charge in [-0.2, -0.15) is 0 Å². The molecule has 0 atom stereocenters. The number of aryl methyl sites for hydroxylation is 3. The van der Waals surface area contributed by atoms with Gasteiger partial charge in [0.25, 0.3) is 5.91 Å². The van der Waals surface area contributed by atoms with E-state index in [0.29, 0.717) is 5.56 Å². The zero-order chi connectivity index (χ0) is 21.6. The van der Waals surface area contributed by atoms with Crippen LogP contribution in [0, 0.1) is 20.8 Å². The van der Waals surface area contributed by atoms with Gasteiger partial charge in [-0.1, -0.05) is 41.5 Å². The highest BCUT2D eigenvalue weighted by Crippen LogP contribution is 2.13. The smallest absolute Gasteiger partial charge is 0.287 e. The Morgan fingerprint density at radius 2 is 1.48 bits per heavy atom. The molecule has 0 saturated heterocycles. The van der Waals surface area contributed by atoms with Crippen molar-refractivity contribution in [3.63, 3.8) is 0 Å². The number of rotatable bonds is 9. The van der Waals surface area contributed by atoms with Crippen LogP contribution in [0.25, 0.3) is 0 Å². The van der Waals surface area contributed by atoms with Gasteiger partial charge in [0.05, 0.1) is 11.3 Å². The second-order valence-electron chi connectivity index (χ2n) is 6.81. The molecule has 2 aromatic carbocycles. The largest absolute Gasteiger partial charge is 0.348 e. The van der Waals surface area contributed by atoms with E-state index in [4.69, 9.17) is 0 Å². The fraction of sp³-hybridized carbons (Fsp3) is 0.286.